The molecule has 0 unspecified atom stereocenters. The second-order valence-electron chi connectivity index (χ2n) is 3.21. The minimum Gasteiger partial charge on any atom is -0.504 e. The zero-order chi connectivity index (χ0) is 12.6. The summed E-state index contributed by atoms with van der Waals surface area (Å²) in [6.07, 6.45) is 1.17. The fraction of sp³-hybridized carbons (Fsp3) is 0. The zero-order valence-corrected chi connectivity index (χ0v) is 10.4. The largest absolute Gasteiger partial charge is 0.504 e. The van der Waals surface area contributed by atoms with Gasteiger partial charge in [0.05, 0.1) is 11.9 Å². The summed E-state index contributed by atoms with van der Waals surface area (Å²) in [4.78, 5) is 10.7. The van der Waals surface area contributed by atoms with Gasteiger partial charge in [-0.15, -0.1) is 0 Å². The SMILES string of the molecule is O=C(O)c1nn(-c2ccc(F)cc2I)cc1O. The summed E-state index contributed by atoms with van der Waals surface area (Å²) in [5.74, 6) is -2.15. The van der Waals surface area contributed by atoms with Crippen molar-refractivity contribution in [2.45, 2.75) is 0 Å². The predicted octanol–water partition coefficient (Wildman–Crippen LogP) is 2.02. The summed E-state index contributed by atoms with van der Waals surface area (Å²) >= 11 is 1.90. The van der Waals surface area contributed by atoms with Crippen LogP contribution in [0.1, 0.15) is 10.5 Å². The van der Waals surface area contributed by atoms with Crippen LogP contribution in [0.2, 0.25) is 0 Å². The van der Waals surface area contributed by atoms with Crippen molar-refractivity contribution in [1.82, 2.24) is 9.78 Å². The second kappa shape index (κ2) is 4.32. The average Bonchev–Trinajstić information content (AvgIpc) is 2.60. The molecule has 1 heterocycles. The van der Waals surface area contributed by atoms with E-state index >= 15 is 0 Å². The fourth-order valence-corrected chi connectivity index (χ4v) is 2.03. The molecular weight excluding hydrogens is 342 g/mol. The Labute approximate surface area is 109 Å². The van der Waals surface area contributed by atoms with Crippen LogP contribution in [0.15, 0.2) is 24.4 Å². The molecule has 2 N–H and O–H groups in total. The number of halogens is 2. The van der Waals surface area contributed by atoms with Gasteiger partial charge in [0.2, 0.25) is 5.69 Å². The lowest BCUT2D eigenvalue weighted by Gasteiger charge is -2.03. The Morgan fingerprint density at radius 2 is 2.18 bits per heavy atom. The number of aromatic nitrogens is 2. The molecule has 1 aromatic heterocycles. The molecule has 0 fully saturated rings. The third-order valence-corrected chi connectivity index (χ3v) is 2.92. The Morgan fingerprint density at radius 3 is 2.71 bits per heavy atom. The Balaban J connectivity index is 2.53. The minimum atomic E-state index is -1.32. The third-order valence-electron chi connectivity index (χ3n) is 2.05. The number of benzene rings is 1. The molecule has 0 saturated carbocycles. The first kappa shape index (κ1) is 11.8. The molecular formula is C10H6FIN2O3. The van der Waals surface area contributed by atoms with Crippen molar-refractivity contribution in [3.8, 4) is 11.4 Å². The Bertz CT molecular complexity index is 597. The number of hydrogen-bond acceptors (Lipinski definition) is 3. The first-order chi connectivity index (χ1) is 7.99. The topological polar surface area (TPSA) is 75.3 Å². The van der Waals surface area contributed by atoms with Gasteiger partial charge in [0, 0.05) is 3.57 Å². The highest BCUT2D eigenvalue weighted by atomic mass is 127. The van der Waals surface area contributed by atoms with Crippen molar-refractivity contribution >= 4 is 28.6 Å². The van der Waals surface area contributed by atoms with Gasteiger partial charge in [-0.05, 0) is 40.8 Å². The smallest absolute Gasteiger partial charge is 0.360 e. The second-order valence-corrected chi connectivity index (χ2v) is 4.37. The van der Waals surface area contributed by atoms with Crippen LogP contribution in [-0.2, 0) is 0 Å². The van der Waals surface area contributed by atoms with E-state index in [1.807, 2.05) is 22.6 Å². The van der Waals surface area contributed by atoms with Crippen molar-refractivity contribution < 1.29 is 19.4 Å². The summed E-state index contributed by atoms with van der Waals surface area (Å²) in [6.45, 7) is 0. The van der Waals surface area contributed by atoms with E-state index in [2.05, 4.69) is 5.10 Å². The highest BCUT2D eigenvalue weighted by molar-refractivity contribution is 14.1. The highest BCUT2D eigenvalue weighted by Crippen LogP contribution is 2.22. The van der Waals surface area contributed by atoms with Crippen LogP contribution in [0, 0.1) is 9.39 Å². The van der Waals surface area contributed by atoms with Gasteiger partial charge in [-0.25, -0.2) is 13.9 Å². The van der Waals surface area contributed by atoms with Crippen LogP contribution >= 0.6 is 22.6 Å². The maximum absolute atomic E-state index is 12.9. The normalized spacial score (nSPS) is 10.5. The number of hydrogen-bond donors (Lipinski definition) is 2. The van der Waals surface area contributed by atoms with E-state index in [0.29, 0.717) is 9.26 Å². The molecule has 1 aromatic carbocycles. The number of aromatic hydroxyl groups is 1. The van der Waals surface area contributed by atoms with E-state index in [0.717, 1.165) is 0 Å². The van der Waals surface area contributed by atoms with Gasteiger partial charge < -0.3 is 10.2 Å². The summed E-state index contributed by atoms with van der Waals surface area (Å²) in [7, 11) is 0. The van der Waals surface area contributed by atoms with Gasteiger partial charge in [0.15, 0.2) is 5.75 Å². The molecule has 2 aromatic rings. The van der Waals surface area contributed by atoms with Crippen molar-refractivity contribution in [3.05, 3.63) is 39.5 Å². The van der Waals surface area contributed by atoms with Crippen molar-refractivity contribution in [1.29, 1.82) is 0 Å². The fourth-order valence-electron chi connectivity index (χ4n) is 1.31. The Hall–Kier alpha value is -1.64. The molecule has 17 heavy (non-hydrogen) atoms. The summed E-state index contributed by atoms with van der Waals surface area (Å²) in [5.41, 5.74) is 0.0555. The van der Waals surface area contributed by atoms with Crippen molar-refractivity contribution in [3.63, 3.8) is 0 Å². The van der Waals surface area contributed by atoms with Gasteiger partial charge in [-0.1, -0.05) is 0 Å². The molecule has 7 heteroatoms. The molecule has 0 radical (unpaired) electrons. The number of carbonyl (C=O) groups is 1. The molecule has 0 aliphatic heterocycles. The van der Waals surface area contributed by atoms with Crippen LogP contribution in [0.5, 0.6) is 5.75 Å². The Kier molecular flexibility index (Phi) is 3.01. The minimum absolute atomic E-state index is 0.395. The summed E-state index contributed by atoms with van der Waals surface area (Å²) < 4.78 is 14.6. The summed E-state index contributed by atoms with van der Waals surface area (Å²) in [5, 5.41) is 21.8. The lowest BCUT2D eigenvalue weighted by Crippen LogP contribution is -2.02. The van der Waals surface area contributed by atoms with E-state index in [9.17, 15) is 14.3 Å². The lowest BCUT2D eigenvalue weighted by molar-refractivity contribution is 0.0687. The number of carboxylic acid groups (broad SMARTS) is 1. The summed E-state index contributed by atoms with van der Waals surface area (Å²) in [6, 6.07) is 3.97. The van der Waals surface area contributed by atoms with Crippen LogP contribution in [0.3, 0.4) is 0 Å². The van der Waals surface area contributed by atoms with Gasteiger partial charge in [0.25, 0.3) is 0 Å². The van der Waals surface area contributed by atoms with Crippen molar-refractivity contribution in [2.24, 2.45) is 0 Å². The van der Waals surface area contributed by atoms with E-state index < -0.39 is 23.2 Å². The lowest BCUT2D eigenvalue weighted by atomic mass is 10.3. The maximum atomic E-state index is 12.9. The molecule has 0 aliphatic carbocycles. The standard InChI is InChI=1S/C10H6FIN2O3/c11-5-1-2-7(6(12)3-5)14-4-8(15)9(13-14)10(16)17/h1-4,15H,(H,16,17). The van der Waals surface area contributed by atoms with Crippen LogP contribution in [0.25, 0.3) is 5.69 Å². The molecule has 0 bridgehead atoms. The van der Waals surface area contributed by atoms with Gasteiger partial charge in [0.1, 0.15) is 5.82 Å². The predicted molar refractivity (Wildman–Crippen MR) is 64.9 cm³/mol. The first-order valence-electron chi connectivity index (χ1n) is 4.46. The third kappa shape index (κ3) is 2.23. The zero-order valence-electron chi connectivity index (χ0n) is 8.26. The molecule has 88 valence electrons. The van der Waals surface area contributed by atoms with Gasteiger partial charge >= 0.3 is 5.97 Å². The van der Waals surface area contributed by atoms with E-state index in [1.54, 1.807) is 0 Å². The van der Waals surface area contributed by atoms with Gasteiger partial charge in [-0.2, -0.15) is 5.10 Å². The van der Waals surface area contributed by atoms with Gasteiger partial charge in [-0.3, -0.25) is 0 Å². The number of nitrogens with zero attached hydrogens (tertiary/aromatic N) is 2. The number of aromatic carboxylic acids is 1. The molecule has 0 spiro atoms. The van der Waals surface area contributed by atoms with Crippen LogP contribution in [0.4, 0.5) is 4.39 Å². The van der Waals surface area contributed by atoms with E-state index in [4.69, 9.17) is 5.11 Å². The first-order valence-corrected chi connectivity index (χ1v) is 5.54. The molecule has 0 saturated heterocycles. The van der Waals surface area contributed by atoms with E-state index in [-0.39, 0.29) is 0 Å². The Morgan fingerprint density at radius 1 is 1.47 bits per heavy atom. The monoisotopic (exact) mass is 348 g/mol. The highest BCUT2D eigenvalue weighted by Gasteiger charge is 2.16. The van der Waals surface area contributed by atoms with E-state index in [1.165, 1.54) is 29.1 Å². The molecule has 0 atom stereocenters. The molecule has 0 amide bonds. The maximum Gasteiger partial charge on any atom is 0.360 e. The van der Waals surface area contributed by atoms with Crippen LogP contribution in [-0.4, -0.2) is 26.0 Å². The molecule has 5 nitrogen and oxygen atoms in total. The average molecular weight is 348 g/mol. The van der Waals surface area contributed by atoms with Crippen molar-refractivity contribution in [2.75, 3.05) is 0 Å². The van der Waals surface area contributed by atoms with Crippen LogP contribution < -0.4 is 0 Å². The number of rotatable bonds is 2. The quantitative estimate of drug-likeness (QED) is 0.815. The molecule has 0 aliphatic rings. The number of carboxylic acids is 1. The molecule has 2 rings (SSSR count).